The van der Waals surface area contributed by atoms with Crippen molar-refractivity contribution in [2.75, 3.05) is 38.0 Å². The molecule has 2 rings (SSSR count). The van der Waals surface area contributed by atoms with E-state index in [1.165, 1.54) is 12.1 Å². The number of benzene rings is 2. The predicted molar refractivity (Wildman–Crippen MR) is 95.4 cm³/mol. The molecule has 0 amide bonds. The first-order chi connectivity index (χ1) is 11.1. The van der Waals surface area contributed by atoms with Crippen molar-refractivity contribution in [2.45, 2.75) is 11.0 Å². The van der Waals surface area contributed by atoms with Crippen LogP contribution in [-0.4, -0.2) is 46.3 Å². The van der Waals surface area contributed by atoms with Crippen LogP contribution in [0.1, 0.15) is 17.2 Å². The number of rotatable bonds is 5. The molecule has 0 spiro atoms. The first kappa shape index (κ1) is 18.3. The van der Waals surface area contributed by atoms with E-state index in [2.05, 4.69) is 0 Å². The molecule has 0 aliphatic heterocycles. The van der Waals surface area contributed by atoms with E-state index in [1.54, 1.807) is 37.2 Å². The number of aliphatic hydroxyl groups excluding tert-OH is 1. The summed E-state index contributed by atoms with van der Waals surface area (Å²) in [6.07, 6.45) is -1.16. The third-order valence-electron chi connectivity index (χ3n) is 3.81. The Bertz CT molecular complexity index is 815. The highest BCUT2D eigenvalue weighted by Gasteiger charge is 2.23. The van der Waals surface area contributed by atoms with Gasteiger partial charge in [0.05, 0.1) is 0 Å². The first-order valence-electron chi connectivity index (χ1n) is 7.35. The second-order valence-corrected chi connectivity index (χ2v) is 7.37. The van der Waals surface area contributed by atoms with Gasteiger partial charge < -0.3 is 14.9 Å². The van der Waals surface area contributed by atoms with Crippen LogP contribution in [0.4, 0.5) is 11.4 Å². The third-order valence-corrected chi connectivity index (χ3v) is 4.72. The fourth-order valence-corrected chi connectivity index (χ4v) is 3.13. The van der Waals surface area contributed by atoms with E-state index in [-0.39, 0.29) is 10.5 Å². The predicted octanol–water partition coefficient (Wildman–Crippen LogP) is 2.15. The van der Waals surface area contributed by atoms with Crippen LogP contribution in [-0.2, 0) is 10.1 Å². The summed E-state index contributed by atoms with van der Waals surface area (Å²) in [7, 11) is 2.88. The largest absolute Gasteiger partial charge is 0.384 e. The molecule has 130 valence electrons. The molecule has 7 heteroatoms. The normalized spacial score (nSPS) is 12.8. The van der Waals surface area contributed by atoms with Crippen molar-refractivity contribution in [1.82, 2.24) is 0 Å². The molecule has 0 fully saturated rings. The van der Waals surface area contributed by atoms with E-state index in [1.807, 2.05) is 31.1 Å². The summed E-state index contributed by atoms with van der Waals surface area (Å²) < 4.78 is 33.0. The average Bonchev–Trinajstić information content (AvgIpc) is 2.52. The summed E-state index contributed by atoms with van der Waals surface area (Å²) in [5.41, 5.74) is 2.26. The standard InChI is InChI=1S/C17H22N2O4S/c1-18(2)13-7-5-12(6-8-13)17(20)15-10-9-14(19(3)4)11-16(15)24(21,22)23/h5-11,17,20H,1-4H3,(H,21,22,23)/t17-/m0/s1. The van der Waals surface area contributed by atoms with Crippen molar-refractivity contribution in [3.8, 4) is 0 Å². The molecule has 2 aromatic carbocycles. The molecule has 0 aromatic heterocycles. The summed E-state index contributed by atoms with van der Waals surface area (Å²) in [6.45, 7) is 0. The zero-order valence-corrected chi connectivity index (χ0v) is 14.9. The van der Waals surface area contributed by atoms with Crippen molar-refractivity contribution in [3.05, 3.63) is 53.6 Å². The van der Waals surface area contributed by atoms with Crippen LogP contribution in [0.15, 0.2) is 47.4 Å². The summed E-state index contributed by atoms with van der Waals surface area (Å²) in [5, 5.41) is 10.6. The smallest absolute Gasteiger partial charge is 0.294 e. The van der Waals surface area contributed by atoms with E-state index in [9.17, 15) is 18.1 Å². The Morgan fingerprint density at radius 2 is 1.38 bits per heavy atom. The van der Waals surface area contributed by atoms with Gasteiger partial charge in [0.25, 0.3) is 10.1 Å². The molecular weight excluding hydrogens is 328 g/mol. The zero-order valence-electron chi connectivity index (χ0n) is 14.1. The van der Waals surface area contributed by atoms with E-state index >= 15 is 0 Å². The van der Waals surface area contributed by atoms with Crippen molar-refractivity contribution < 1.29 is 18.1 Å². The van der Waals surface area contributed by atoms with E-state index in [0.717, 1.165) is 5.69 Å². The van der Waals surface area contributed by atoms with Crippen molar-refractivity contribution in [1.29, 1.82) is 0 Å². The molecule has 0 aliphatic carbocycles. The highest BCUT2D eigenvalue weighted by atomic mass is 32.2. The van der Waals surface area contributed by atoms with Crippen molar-refractivity contribution in [2.24, 2.45) is 0 Å². The molecule has 0 saturated carbocycles. The first-order valence-corrected chi connectivity index (χ1v) is 8.79. The molecule has 0 unspecified atom stereocenters. The SMILES string of the molecule is CN(C)c1ccc([C@H](O)c2ccc(N(C)C)cc2S(=O)(=O)O)cc1. The molecule has 1 atom stereocenters. The number of nitrogens with zero attached hydrogens (tertiary/aromatic N) is 2. The molecule has 0 heterocycles. The van der Waals surface area contributed by atoms with Crippen LogP contribution >= 0.6 is 0 Å². The fourth-order valence-electron chi connectivity index (χ4n) is 2.38. The number of anilines is 2. The maximum atomic E-state index is 11.7. The Labute approximate surface area is 142 Å². The average molecular weight is 350 g/mol. The van der Waals surface area contributed by atoms with Crippen LogP contribution in [0, 0.1) is 0 Å². The Balaban J connectivity index is 2.50. The maximum Gasteiger partial charge on any atom is 0.294 e. The van der Waals surface area contributed by atoms with Gasteiger partial charge in [-0.3, -0.25) is 4.55 Å². The summed E-state index contributed by atoms with van der Waals surface area (Å²) in [5.74, 6) is 0. The Kier molecular flexibility index (Phi) is 5.17. The zero-order chi connectivity index (χ0) is 18.1. The molecule has 2 N–H and O–H groups in total. The lowest BCUT2D eigenvalue weighted by molar-refractivity contribution is 0.216. The topological polar surface area (TPSA) is 81.1 Å². The van der Waals surface area contributed by atoms with Gasteiger partial charge in [0, 0.05) is 45.1 Å². The molecule has 0 radical (unpaired) electrons. The lowest BCUT2D eigenvalue weighted by Gasteiger charge is -2.19. The van der Waals surface area contributed by atoms with Gasteiger partial charge >= 0.3 is 0 Å². The molecule has 2 aromatic rings. The van der Waals surface area contributed by atoms with Crippen LogP contribution in [0.25, 0.3) is 0 Å². The molecule has 0 aliphatic rings. The van der Waals surface area contributed by atoms with Crippen molar-refractivity contribution >= 4 is 21.5 Å². The highest BCUT2D eigenvalue weighted by Crippen LogP contribution is 2.31. The van der Waals surface area contributed by atoms with Gasteiger partial charge in [0.2, 0.25) is 0 Å². The molecule has 0 bridgehead atoms. The van der Waals surface area contributed by atoms with Crippen LogP contribution in [0.5, 0.6) is 0 Å². The highest BCUT2D eigenvalue weighted by molar-refractivity contribution is 7.85. The maximum absolute atomic E-state index is 11.7. The minimum Gasteiger partial charge on any atom is -0.384 e. The van der Waals surface area contributed by atoms with Gasteiger partial charge in [-0.25, -0.2) is 0 Å². The minimum atomic E-state index is -4.46. The second-order valence-electron chi connectivity index (χ2n) is 5.98. The Morgan fingerprint density at radius 1 is 0.875 bits per heavy atom. The monoisotopic (exact) mass is 350 g/mol. The molecule has 24 heavy (non-hydrogen) atoms. The van der Waals surface area contributed by atoms with Crippen LogP contribution in [0.3, 0.4) is 0 Å². The number of aliphatic hydroxyl groups is 1. The fraction of sp³-hybridized carbons (Fsp3) is 0.294. The molecule has 0 saturated heterocycles. The minimum absolute atomic E-state index is 0.140. The van der Waals surface area contributed by atoms with Crippen LogP contribution < -0.4 is 9.80 Å². The molecule has 6 nitrogen and oxygen atoms in total. The van der Waals surface area contributed by atoms with Gasteiger partial charge in [-0.2, -0.15) is 8.42 Å². The molecular formula is C17H22N2O4S. The van der Waals surface area contributed by atoms with Gasteiger partial charge in [0.1, 0.15) is 11.0 Å². The lowest BCUT2D eigenvalue weighted by Crippen LogP contribution is -2.13. The van der Waals surface area contributed by atoms with E-state index < -0.39 is 16.2 Å². The van der Waals surface area contributed by atoms with E-state index in [0.29, 0.717) is 11.3 Å². The van der Waals surface area contributed by atoms with Gasteiger partial charge in [-0.15, -0.1) is 0 Å². The third kappa shape index (κ3) is 3.87. The second kappa shape index (κ2) is 6.80. The summed E-state index contributed by atoms with van der Waals surface area (Å²) in [4.78, 5) is 3.35. The quantitative estimate of drug-likeness (QED) is 0.804. The van der Waals surface area contributed by atoms with Crippen molar-refractivity contribution in [3.63, 3.8) is 0 Å². The summed E-state index contributed by atoms with van der Waals surface area (Å²) in [6, 6.07) is 11.7. The number of hydrogen-bond acceptors (Lipinski definition) is 5. The van der Waals surface area contributed by atoms with Crippen LogP contribution in [0.2, 0.25) is 0 Å². The number of hydrogen-bond donors (Lipinski definition) is 2. The summed E-state index contributed by atoms with van der Waals surface area (Å²) >= 11 is 0. The van der Waals surface area contributed by atoms with Gasteiger partial charge in [0.15, 0.2) is 0 Å². The Morgan fingerprint density at radius 3 is 1.83 bits per heavy atom. The lowest BCUT2D eigenvalue weighted by atomic mass is 10.0. The van der Waals surface area contributed by atoms with E-state index in [4.69, 9.17) is 0 Å². The van der Waals surface area contributed by atoms with Gasteiger partial charge in [-0.05, 0) is 29.8 Å². The van der Waals surface area contributed by atoms with Gasteiger partial charge in [-0.1, -0.05) is 18.2 Å². The Hall–Kier alpha value is -2.09.